The van der Waals surface area contributed by atoms with Gasteiger partial charge >= 0.3 is 0 Å². The third kappa shape index (κ3) is 8.63. The minimum absolute atomic E-state index is 0.123. The van der Waals surface area contributed by atoms with Crippen molar-refractivity contribution < 1.29 is 4.79 Å². The number of carbonyl (C=O) groups is 1. The van der Waals surface area contributed by atoms with E-state index in [0.29, 0.717) is 28.8 Å². The van der Waals surface area contributed by atoms with E-state index in [1.807, 2.05) is 54.9 Å². The second-order valence-electron chi connectivity index (χ2n) is 8.34. The maximum Gasteiger partial charge on any atom is 0.272 e. The molecule has 0 atom stereocenters. The van der Waals surface area contributed by atoms with Gasteiger partial charge in [-0.05, 0) is 30.2 Å². The van der Waals surface area contributed by atoms with Crippen LogP contribution in [0, 0.1) is 0 Å². The lowest BCUT2D eigenvalue weighted by Gasteiger charge is -2.06. The summed E-state index contributed by atoms with van der Waals surface area (Å²) < 4.78 is 1.83. The quantitative estimate of drug-likeness (QED) is 0.237. The summed E-state index contributed by atoms with van der Waals surface area (Å²) in [5, 5.41) is 9.71. The summed E-state index contributed by atoms with van der Waals surface area (Å²) in [5.74, 6) is -0.123. The van der Waals surface area contributed by atoms with Gasteiger partial charge in [0.25, 0.3) is 5.91 Å². The number of hydrogen-bond donors (Lipinski definition) is 1. The first kappa shape index (κ1) is 28.2. The first-order valence-electron chi connectivity index (χ1n) is 12.8. The predicted octanol–water partition coefficient (Wildman–Crippen LogP) is 8.68. The third-order valence-electron chi connectivity index (χ3n) is 5.77. The second-order valence-corrected chi connectivity index (χ2v) is 9.19. The van der Waals surface area contributed by atoms with Crippen molar-refractivity contribution in [3.05, 3.63) is 63.8 Å². The topological polar surface area (TPSA) is 46.9 Å². The van der Waals surface area contributed by atoms with Crippen LogP contribution < -0.4 is 5.32 Å². The molecule has 0 radical (unpaired) electrons. The Kier molecular flexibility index (Phi) is 13.1. The molecular formula is C28H39Cl2N3O. The number of nitrogens with zero attached hydrogens (tertiary/aromatic N) is 2. The monoisotopic (exact) mass is 503 g/mol. The Hall–Kier alpha value is -2.04. The van der Waals surface area contributed by atoms with Gasteiger partial charge in [-0.25, -0.2) is 0 Å². The Morgan fingerprint density at radius 2 is 1.56 bits per heavy atom. The summed E-state index contributed by atoms with van der Waals surface area (Å²) in [4.78, 5) is 12.8. The normalized spacial score (nSPS) is 10.7. The molecule has 1 aromatic heterocycles. The van der Waals surface area contributed by atoms with E-state index in [9.17, 15) is 4.79 Å². The van der Waals surface area contributed by atoms with Crippen LogP contribution in [0.15, 0.2) is 42.5 Å². The van der Waals surface area contributed by atoms with Crippen molar-refractivity contribution in [3.8, 4) is 0 Å². The van der Waals surface area contributed by atoms with Crippen LogP contribution in [0.2, 0.25) is 10.0 Å². The molecule has 0 aliphatic heterocycles. The zero-order valence-corrected chi connectivity index (χ0v) is 22.4. The lowest BCUT2D eigenvalue weighted by Crippen LogP contribution is -2.25. The van der Waals surface area contributed by atoms with Crippen LogP contribution in [-0.2, 0) is 6.54 Å². The van der Waals surface area contributed by atoms with E-state index < -0.39 is 0 Å². The molecule has 1 heterocycles. The number of halogens is 2. The predicted molar refractivity (Wildman–Crippen MR) is 146 cm³/mol. The number of hydrogen-bond acceptors (Lipinski definition) is 2. The average molecular weight is 505 g/mol. The molecule has 186 valence electrons. The van der Waals surface area contributed by atoms with Gasteiger partial charge in [-0.3, -0.25) is 9.48 Å². The fourth-order valence-electron chi connectivity index (χ4n) is 3.95. The molecule has 0 saturated heterocycles. The van der Waals surface area contributed by atoms with E-state index in [0.717, 1.165) is 29.3 Å². The summed E-state index contributed by atoms with van der Waals surface area (Å²) in [6, 6.07) is 13.2. The molecule has 0 unspecified atom stereocenters. The first-order valence-corrected chi connectivity index (χ1v) is 13.5. The number of benzene rings is 2. The molecule has 3 aromatic rings. The number of carbonyl (C=O) groups excluding carboxylic acids is 1. The molecule has 0 aliphatic rings. The van der Waals surface area contributed by atoms with Gasteiger partial charge in [0, 0.05) is 22.0 Å². The number of para-hydroxylation sites is 1. The van der Waals surface area contributed by atoms with Gasteiger partial charge < -0.3 is 5.32 Å². The minimum Gasteiger partial charge on any atom is -0.351 e. The van der Waals surface area contributed by atoms with Crippen LogP contribution in [0.5, 0.6) is 0 Å². The molecule has 6 heteroatoms. The minimum atomic E-state index is -0.123. The molecule has 34 heavy (non-hydrogen) atoms. The van der Waals surface area contributed by atoms with Crippen molar-refractivity contribution in [2.45, 2.75) is 85.1 Å². The highest BCUT2D eigenvalue weighted by Gasteiger charge is 2.17. The highest BCUT2D eigenvalue weighted by Crippen LogP contribution is 2.24. The molecule has 1 amide bonds. The number of amides is 1. The molecule has 3 rings (SSSR count). The zero-order valence-electron chi connectivity index (χ0n) is 20.9. The maximum absolute atomic E-state index is 12.8. The summed E-state index contributed by atoms with van der Waals surface area (Å²) in [7, 11) is 0. The molecule has 0 saturated carbocycles. The lowest BCUT2D eigenvalue weighted by atomic mass is 10.1. The van der Waals surface area contributed by atoms with E-state index in [2.05, 4.69) is 17.3 Å². The highest BCUT2D eigenvalue weighted by molar-refractivity contribution is 6.35. The number of unbranched alkanes of at least 4 members (excludes halogenated alkanes) is 8. The van der Waals surface area contributed by atoms with Crippen LogP contribution in [0.3, 0.4) is 0 Å². The van der Waals surface area contributed by atoms with Gasteiger partial charge in [0.05, 0.1) is 12.1 Å². The van der Waals surface area contributed by atoms with Crippen LogP contribution in [0.4, 0.5) is 0 Å². The Bertz CT molecular complexity index is 1020. The number of rotatable bonds is 13. The SMILES string of the molecule is CC.CCCCCCCCCCCNC(=O)c1nn(Cc2ccc(Cl)cc2Cl)c2ccccc12. The third-order valence-corrected chi connectivity index (χ3v) is 6.36. The average Bonchev–Trinajstić information content (AvgIpc) is 3.22. The van der Waals surface area contributed by atoms with Crippen LogP contribution in [0.1, 0.15) is 94.6 Å². The molecule has 0 fully saturated rings. The smallest absolute Gasteiger partial charge is 0.272 e. The molecule has 0 spiro atoms. The highest BCUT2D eigenvalue weighted by atomic mass is 35.5. The van der Waals surface area contributed by atoms with E-state index in [-0.39, 0.29) is 5.91 Å². The number of nitrogens with one attached hydrogen (secondary N) is 1. The van der Waals surface area contributed by atoms with Gasteiger partial charge in [-0.2, -0.15) is 5.10 Å². The Morgan fingerprint density at radius 3 is 2.24 bits per heavy atom. The van der Waals surface area contributed by atoms with E-state index >= 15 is 0 Å². The summed E-state index contributed by atoms with van der Waals surface area (Å²) in [6.07, 6.45) is 11.4. The number of aromatic nitrogens is 2. The van der Waals surface area contributed by atoms with E-state index in [4.69, 9.17) is 23.2 Å². The first-order chi connectivity index (χ1) is 16.6. The molecule has 1 N–H and O–H groups in total. The van der Waals surface area contributed by atoms with Crippen LogP contribution >= 0.6 is 23.2 Å². The Labute approximate surface area is 215 Å². The summed E-state index contributed by atoms with van der Waals surface area (Å²) in [6.45, 7) is 7.40. The standard InChI is InChI=1S/C26H33Cl2N3O.C2H6/c1-2-3-4-5-6-7-8-9-12-17-29-26(32)25-22-13-10-11-14-24(22)31(30-25)19-20-15-16-21(27)18-23(20)28;1-2/h10-11,13-16,18H,2-9,12,17,19H2,1H3,(H,29,32);1-2H3. The molecule has 2 aromatic carbocycles. The van der Waals surface area contributed by atoms with Crippen LogP contribution in [-0.4, -0.2) is 22.2 Å². The van der Waals surface area contributed by atoms with Crippen molar-refractivity contribution in [1.82, 2.24) is 15.1 Å². The summed E-state index contributed by atoms with van der Waals surface area (Å²) in [5.41, 5.74) is 2.28. The molecule has 0 bridgehead atoms. The fourth-order valence-corrected chi connectivity index (χ4v) is 4.42. The fraction of sp³-hybridized carbons (Fsp3) is 0.500. The van der Waals surface area contributed by atoms with Crippen molar-refractivity contribution in [3.63, 3.8) is 0 Å². The molecule has 0 aliphatic carbocycles. The van der Waals surface area contributed by atoms with Gasteiger partial charge in [0.2, 0.25) is 0 Å². The number of fused-ring (bicyclic) bond motifs is 1. The van der Waals surface area contributed by atoms with Gasteiger partial charge in [0.1, 0.15) is 0 Å². The molecule has 4 nitrogen and oxygen atoms in total. The zero-order chi connectivity index (χ0) is 24.8. The lowest BCUT2D eigenvalue weighted by molar-refractivity contribution is 0.0948. The van der Waals surface area contributed by atoms with E-state index in [1.54, 1.807) is 6.07 Å². The maximum atomic E-state index is 12.8. The van der Waals surface area contributed by atoms with Crippen LogP contribution in [0.25, 0.3) is 10.9 Å². The van der Waals surface area contributed by atoms with Crippen molar-refractivity contribution >= 4 is 40.0 Å². The van der Waals surface area contributed by atoms with Gasteiger partial charge in [0.15, 0.2) is 5.69 Å². The Morgan fingerprint density at radius 1 is 0.912 bits per heavy atom. The second kappa shape index (κ2) is 15.8. The molecular weight excluding hydrogens is 465 g/mol. The van der Waals surface area contributed by atoms with Crippen molar-refractivity contribution in [2.75, 3.05) is 6.54 Å². The van der Waals surface area contributed by atoms with Crippen molar-refractivity contribution in [2.24, 2.45) is 0 Å². The van der Waals surface area contributed by atoms with Gasteiger partial charge in [-0.15, -0.1) is 0 Å². The van der Waals surface area contributed by atoms with Gasteiger partial charge in [-0.1, -0.05) is 120 Å². The summed E-state index contributed by atoms with van der Waals surface area (Å²) >= 11 is 12.4. The van der Waals surface area contributed by atoms with Crippen molar-refractivity contribution in [1.29, 1.82) is 0 Å². The largest absolute Gasteiger partial charge is 0.351 e. The Balaban J connectivity index is 0.00000199. The van der Waals surface area contributed by atoms with E-state index in [1.165, 1.54) is 44.9 Å².